The van der Waals surface area contributed by atoms with E-state index in [1.54, 1.807) is 35.1 Å². The first-order valence-electron chi connectivity index (χ1n) is 7.91. The Hall–Kier alpha value is -2.84. The first kappa shape index (κ1) is 18.9. The fourth-order valence-electron chi connectivity index (χ4n) is 2.45. The summed E-state index contributed by atoms with van der Waals surface area (Å²) in [6.07, 6.45) is 3.04. The highest BCUT2D eigenvalue weighted by molar-refractivity contribution is 6.35. The second-order valence-electron chi connectivity index (χ2n) is 5.73. The van der Waals surface area contributed by atoms with E-state index in [4.69, 9.17) is 28.3 Å². The second-order valence-corrected chi connectivity index (χ2v) is 6.54. The third-order valence-corrected chi connectivity index (χ3v) is 4.60. The zero-order valence-electron chi connectivity index (χ0n) is 14.1. The minimum absolute atomic E-state index is 0.119. The van der Waals surface area contributed by atoms with Gasteiger partial charge in [0.05, 0.1) is 6.54 Å². The average molecular weight is 408 g/mol. The number of nitrogens with zero attached hydrogens (tertiary/aromatic N) is 4. The van der Waals surface area contributed by atoms with Crippen molar-refractivity contribution in [2.24, 2.45) is 0 Å². The number of rotatable bonds is 6. The number of carbonyl (C=O) groups excluding carboxylic acids is 1. The van der Waals surface area contributed by atoms with Crippen molar-refractivity contribution in [1.82, 2.24) is 19.6 Å². The molecule has 2 N–H and O–H groups in total. The highest BCUT2D eigenvalue weighted by Crippen LogP contribution is 2.25. The van der Waals surface area contributed by atoms with E-state index in [0.717, 1.165) is 10.2 Å². The molecule has 27 heavy (non-hydrogen) atoms. The van der Waals surface area contributed by atoms with Crippen molar-refractivity contribution in [3.05, 3.63) is 64.0 Å². The highest BCUT2D eigenvalue weighted by Gasteiger charge is 2.21. The van der Waals surface area contributed by atoms with Crippen molar-refractivity contribution in [2.75, 3.05) is 5.32 Å². The van der Waals surface area contributed by atoms with E-state index in [1.165, 1.54) is 19.2 Å². The van der Waals surface area contributed by atoms with Gasteiger partial charge in [-0.25, -0.2) is 9.48 Å². The van der Waals surface area contributed by atoms with Gasteiger partial charge in [0.2, 0.25) is 0 Å². The van der Waals surface area contributed by atoms with Gasteiger partial charge >= 0.3 is 5.97 Å². The molecule has 0 fully saturated rings. The molecule has 1 atom stereocenters. The highest BCUT2D eigenvalue weighted by atomic mass is 35.5. The van der Waals surface area contributed by atoms with E-state index >= 15 is 0 Å². The molecule has 0 saturated heterocycles. The zero-order valence-corrected chi connectivity index (χ0v) is 15.6. The molecule has 3 aromatic rings. The Kier molecular flexibility index (Phi) is 5.48. The van der Waals surface area contributed by atoms with Crippen LogP contribution >= 0.6 is 23.2 Å². The van der Waals surface area contributed by atoms with E-state index < -0.39 is 17.9 Å². The number of halogens is 2. The molecule has 0 spiro atoms. The number of amides is 1. The molecule has 8 nitrogen and oxygen atoms in total. The van der Waals surface area contributed by atoms with Crippen LogP contribution in [0.2, 0.25) is 10.0 Å². The summed E-state index contributed by atoms with van der Waals surface area (Å²) in [6.45, 7) is 1.77. The largest absolute Gasteiger partial charge is 0.480 e. The van der Waals surface area contributed by atoms with Gasteiger partial charge in [-0.15, -0.1) is 0 Å². The van der Waals surface area contributed by atoms with Gasteiger partial charge in [0.25, 0.3) is 5.91 Å². The summed E-state index contributed by atoms with van der Waals surface area (Å²) in [7, 11) is 0. The van der Waals surface area contributed by atoms with Gasteiger partial charge in [-0.2, -0.15) is 10.2 Å². The maximum atomic E-state index is 12.4. The van der Waals surface area contributed by atoms with E-state index in [0.29, 0.717) is 22.4 Å². The lowest BCUT2D eigenvalue weighted by molar-refractivity contribution is -0.140. The summed E-state index contributed by atoms with van der Waals surface area (Å²) in [4.78, 5) is 23.6. The molecule has 140 valence electrons. The molecule has 1 unspecified atom stereocenters. The van der Waals surface area contributed by atoms with Crippen LogP contribution in [0.1, 0.15) is 29.0 Å². The number of aliphatic carboxylic acids is 1. The van der Waals surface area contributed by atoms with Crippen LogP contribution in [0.15, 0.2) is 42.7 Å². The van der Waals surface area contributed by atoms with Gasteiger partial charge in [-0.1, -0.05) is 29.3 Å². The maximum Gasteiger partial charge on any atom is 0.328 e. The zero-order chi connectivity index (χ0) is 19.6. The van der Waals surface area contributed by atoms with E-state index in [1.807, 2.05) is 0 Å². The Morgan fingerprint density at radius 1 is 1.22 bits per heavy atom. The Morgan fingerprint density at radius 3 is 2.59 bits per heavy atom. The van der Waals surface area contributed by atoms with Gasteiger partial charge in [-0.3, -0.25) is 9.48 Å². The van der Waals surface area contributed by atoms with Crippen molar-refractivity contribution in [2.45, 2.75) is 19.5 Å². The molecule has 3 rings (SSSR count). The Morgan fingerprint density at radius 2 is 1.93 bits per heavy atom. The van der Waals surface area contributed by atoms with Crippen molar-refractivity contribution in [3.63, 3.8) is 0 Å². The van der Waals surface area contributed by atoms with Crippen LogP contribution in [0, 0.1) is 0 Å². The van der Waals surface area contributed by atoms with E-state index in [-0.39, 0.29) is 5.69 Å². The Balaban J connectivity index is 1.74. The number of carbonyl (C=O) groups is 2. The normalized spacial score (nSPS) is 12.0. The molecule has 1 aromatic carbocycles. The summed E-state index contributed by atoms with van der Waals surface area (Å²) in [5, 5.41) is 20.9. The molecule has 0 bridgehead atoms. The lowest BCUT2D eigenvalue weighted by Gasteiger charge is -2.11. The predicted molar refractivity (Wildman–Crippen MR) is 100 cm³/mol. The molecule has 10 heteroatoms. The predicted octanol–water partition coefficient (Wildman–Crippen LogP) is 3.33. The first-order chi connectivity index (χ1) is 12.9. The van der Waals surface area contributed by atoms with Crippen molar-refractivity contribution < 1.29 is 14.7 Å². The summed E-state index contributed by atoms with van der Waals surface area (Å²) < 4.78 is 2.72. The lowest BCUT2D eigenvalue weighted by Crippen LogP contribution is -2.24. The Bertz CT molecular complexity index is 978. The maximum absolute atomic E-state index is 12.4. The number of hydrogen-bond donors (Lipinski definition) is 2. The van der Waals surface area contributed by atoms with Crippen LogP contribution in [0.25, 0.3) is 0 Å². The van der Waals surface area contributed by atoms with Gasteiger partial charge in [0.1, 0.15) is 11.7 Å². The van der Waals surface area contributed by atoms with Crippen LogP contribution in [0.4, 0.5) is 5.82 Å². The van der Waals surface area contributed by atoms with Gasteiger partial charge < -0.3 is 10.4 Å². The number of aromatic nitrogens is 4. The van der Waals surface area contributed by atoms with Crippen LogP contribution in [-0.2, 0) is 11.3 Å². The standard InChI is InChI=1S/C17H15Cl2N5O3/c1-10(17(26)27)24-14(5-7-20-24)16(25)21-15-6-8-23(22-15)9-11-12(18)3-2-4-13(11)19/h2-8,10H,9H2,1H3,(H,26,27)(H,21,22,25). The van der Waals surface area contributed by atoms with Gasteiger partial charge in [0, 0.05) is 34.1 Å². The summed E-state index contributed by atoms with van der Waals surface area (Å²) >= 11 is 12.3. The molecule has 0 aliphatic heterocycles. The molecule has 1 amide bonds. The Labute approximate surface area is 164 Å². The number of benzene rings is 1. The van der Waals surface area contributed by atoms with Gasteiger partial charge in [0.15, 0.2) is 5.82 Å². The third kappa shape index (κ3) is 4.12. The van der Waals surface area contributed by atoms with Crippen molar-refractivity contribution in [3.8, 4) is 0 Å². The van der Waals surface area contributed by atoms with Crippen molar-refractivity contribution in [1.29, 1.82) is 0 Å². The minimum atomic E-state index is -1.09. The number of carboxylic acids is 1. The monoisotopic (exact) mass is 407 g/mol. The fourth-order valence-corrected chi connectivity index (χ4v) is 2.97. The topological polar surface area (TPSA) is 102 Å². The van der Waals surface area contributed by atoms with Crippen LogP contribution in [0.3, 0.4) is 0 Å². The molecule has 0 aliphatic rings. The molecule has 2 aromatic heterocycles. The molecule has 2 heterocycles. The SMILES string of the molecule is CC(C(=O)O)n1nccc1C(=O)Nc1ccn(Cc2c(Cl)cccc2Cl)n1. The smallest absolute Gasteiger partial charge is 0.328 e. The van der Waals surface area contributed by atoms with Crippen LogP contribution in [0.5, 0.6) is 0 Å². The fraction of sp³-hybridized carbons (Fsp3) is 0.176. The third-order valence-electron chi connectivity index (χ3n) is 3.89. The minimum Gasteiger partial charge on any atom is -0.480 e. The second kappa shape index (κ2) is 7.81. The summed E-state index contributed by atoms with van der Waals surface area (Å²) in [6, 6.07) is 7.31. The number of nitrogens with one attached hydrogen (secondary N) is 1. The van der Waals surface area contributed by atoms with Gasteiger partial charge in [-0.05, 0) is 25.1 Å². The van der Waals surface area contributed by atoms with E-state index in [9.17, 15) is 9.59 Å². The molecule has 0 radical (unpaired) electrons. The lowest BCUT2D eigenvalue weighted by atomic mass is 10.2. The number of hydrogen-bond acceptors (Lipinski definition) is 4. The molecular formula is C17H15Cl2N5O3. The first-order valence-corrected chi connectivity index (χ1v) is 8.66. The number of carboxylic acid groups (broad SMARTS) is 1. The summed E-state index contributed by atoms with van der Waals surface area (Å²) in [5.41, 5.74) is 0.837. The molecular weight excluding hydrogens is 393 g/mol. The van der Waals surface area contributed by atoms with Crippen molar-refractivity contribution >= 4 is 40.9 Å². The molecule has 0 aliphatic carbocycles. The van der Waals surface area contributed by atoms with Crippen LogP contribution < -0.4 is 5.32 Å². The van der Waals surface area contributed by atoms with E-state index in [2.05, 4.69) is 15.5 Å². The quantitative estimate of drug-likeness (QED) is 0.652. The van der Waals surface area contributed by atoms with Crippen LogP contribution in [-0.4, -0.2) is 36.5 Å². The summed E-state index contributed by atoms with van der Waals surface area (Å²) in [5.74, 6) is -1.30. The molecule has 0 saturated carbocycles. The number of anilines is 1. The average Bonchev–Trinajstić information content (AvgIpc) is 3.27.